The first-order valence-electron chi connectivity index (χ1n) is 5.67. The summed E-state index contributed by atoms with van der Waals surface area (Å²) >= 11 is 0. The number of aromatic nitrogens is 2. The molecule has 0 amide bonds. The van der Waals surface area contributed by atoms with Gasteiger partial charge in [0.1, 0.15) is 12.1 Å². The molecule has 2 rings (SSSR count). The van der Waals surface area contributed by atoms with Crippen LogP contribution in [0.4, 0.5) is 5.82 Å². The Labute approximate surface area is 96.1 Å². The normalized spacial score (nSPS) is 17.9. The molecule has 1 atom stereocenters. The maximum atomic E-state index is 5.72. The van der Waals surface area contributed by atoms with Crippen molar-refractivity contribution in [3.05, 3.63) is 17.6 Å². The van der Waals surface area contributed by atoms with E-state index in [0.717, 1.165) is 37.6 Å². The first kappa shape index (κ1) is 11.3. The molecule has 0 aliphatic carbocycles. The Hall–Kier alpha value is -1.20. The van der Waals surface area contributed by atoms with Gasteiger partial charge in [-0.15, -0.1) is 0 Å². The Balaban J connectivity index is 2.16. The first-order chi connectivity index (χ1) is 7.66. The average Bonchev–Trinajstić information content (AvgIpc) is 2.25. The van der Waals surface area contributed by atoms with E-state index >= 15 is 0 Å². The Bertz CT molecular complexity index is 363. The third kappa shape index (κ3) is 2.48. The lowest BCUT2D eigenvalue weighted by atomic mass is 10.1. The van der Waals surface area contributed by atoms with Crippen molar-refractivity contribution in [3.63, 3.8) is 0 Å². The molecule has 5 heteroatoms. The van der Waals surface area contributed by atoms with Crippen LogP contribution in [-0.4, -0.2) is 41.0 Å². The van der Waals surface area contributed by atoms with Gasteiger partial charge in [-0.3, -0.25) is 0 Å². The molecule has 0 saturated carbocycles. The summed E-state index contributed by atoms with van der Waals surface area (Å²) in [6.45, 7) is 4.70. The van der Waals surface area contributed by atoms with Crippen molar-refractivity contribution in [2.24, 2.45) is 5.73 Å². The van der Waals surface area contributed by atoms with Gasteiger partial charge in [-0.1, -0.05) is 0 Å². The van der Waals surface area contributed by atoms with E-state index in [2.05, 4.69) is 27.2 Å². The molecule has 1 aromatic heterocycles. The van der Waals surface area contributed by atoms with Gasteiger partial charge in [0, 0.05) is 31.2 Å². The highest BCUT2D eigenvalue weighted by Gasteiger charge is 2.18. The van der Waals surface area contributed by atoms with Crippen LogP contribution in [0.15, 0.2) is 6.33 Å². The van der Waals surface area contributed by atoms with E-state index < -0.39 is 0 Å². The van der Waals surface area contributed by atoms with Gasteiger partial charge in [-0.25, -0.2) is 9.97 Å². The Morgan fingerprint density at radius 1 is 1.56 bits per heavy atom. The summed E-state index contributed by atoms with van der Waals surface area (Å²) in [5.74, 6) is 0.954. The number of likely N-dealkylation sites (N-methyl/N-ethyl adjacent to an activating group) is 1. The third-order valence-electron chi connectivity index (χ3n) is 2.79. The van der Waals surface area contributed by atoms with Crippen LogP contribution in [0.25, 0.3) is 0 Å². The van der Waals surface area contributed by atoms with Crippen LogP contribution in [0.2, 0.25) is 0 Å². The number of fused-ring (bicyclic) bond motifs is 1. The molecule has 1 aliphatic rings. The van der Waals surface area contributed by atoms with Crippen molar-refractivity contribution < 1.29 is 0 Å². The number of rotatable bonds is 3. The van der Waals surface area contributed by atoms with Crippen molar-refractivity contribution in [2.75, 3.05) is 25.5 Å². The molecule has 0 bridgehead atoms. The number of anilines is 1. The zero-order chi connectivity index (χ0) is 11.5. The van der Waals surface area contributed by atoms with Crippen LogP contribution in [0.3, 0.4) is 0 Å². The fourth-order valence-electron chi connectivity index (χ4n) is 1.90. The Morgan fingerprint density at radius 3 is 3.12 bits per heavy atom. The summed E-state index contributed by atoms with van der Waals surface area (Å²) in [6, 6.07) is 0.136. The summed E-state index contributed by atoms with van der Waals surface area (Å²) in [7, 11) is 2.11. The molecule has 0 radical (unpaired) electrons. The second-order valence-corrected chi connectivity index (χ2v) is 4.49. The number of hydrogen-bond acceptors (Lipinski definition) is 5. The van der Waals surface area contributed by atoms with E-state index in [1.807, 2.05) is 6.92 Å². The molecule has 0 aromatic carbocycles. The largest absolute Gasteiger partial charge is 0.368 e. The molecule has 1 unspecified atom stereocenters. The molecule has 0 spiro atoms. The van der Waals surface area contributed by atoms with E-state index in [0.29, 0.717) is 0 Å². The number of nitrogens with two attached hydrogens (primary N) is 1. The SMILES string of the molecule is CC(N)CNc1ncnc2c1CCN(C)C2. The minimum Gasteiger partial charge on any atom is -0.368 e. The molecule has 3 N–H and O–H groups in total. The molecule has 0 saturated heterocycles. The van der Waals surface area contributed by atoms with Gasteiger partial charge in [0.25, 0.3) is 0 Å². The van der Waals surface area contributed by atoms with Gasteiger partial charge in [0.05, 0.1) is 5.69 Å². The summed E-state index contributed by atoms with van der Waals surface area (Å²) < 4.78 is 0. The van der Waals surface area contributed by atoms with Crippen LogP contribution in [0.1, 0.15) is 18.2 Å². The van der Waals surface area contributed by atoms with Crippen LogP contribution >= 0.6 is 0 Å². The van der Waals surface area contributed by atoms with Gasteiger partial charge in [-0.2, -0.15) is 0 Å². The standard InChI is InChI=1S/C11H19N5/c1-8(12)5-13-11-9-3-4-16(2)6-10(9)14-7-15-11/h7-8H,3-6,12H2,1-2H3,(H,13,14,15). The lowest BCUT2D eigenvalue weighted by Gasteiger charge is -2.25. The molecule has 0 fully saturated rings. The lowest BCUT2D eigenvalue weighted by Crippen LogP contribution is -2.30. The van der Waals surface area contributed by atoms with Crippen molar-refractivity contribution >= 4 is 5.82 Å². The van der Waals surface area contributed by atoms with E-state index in [9.17, 15) is 0 Å². The minimum atomic E-state index is 0.136. The fourth-order valence-corrected chi connectivity index (χ4v) is 1.90. The number of hydrogen-bond donors (Lipinski definition) is 2. The molecule has 1 aliphatic heterocycles. The predicted octanol–water partition coefficient (Wildman–Crippen LogP) is 0.224. The second kappa shape index (κ2) is 4.76. The van der Waals surface area contributed by atoms with Crippen molar-refractivity contribution in [3.8, 4) is 0 Å². The van der Waals surface area contributed by atoms with Gasteiger partial charge in [0.2, 0.25) is 0 Å². The van der Waals surface area contributed by atoms with Crippen LogP contribution in [-0.2, 0) is 13.0 Å². The van der Waals surface area contributed by atoms with Gasteiger partial charge >= 0.3 is 0 Å². The monoisotopic (exact) mass is 221 g/mol. The molecule has 2 heterocycles. The van der Waals surface area contributed by atoms with Crippen molar-refractivity contribution in [1.82, 2.24) is 14.9 Å². The maximum absolute atomic E-state index is 5.72. The van der Waals surface area contributed by atoms with Crippen LogP contribution in [0, 0.1) is 0 Å². The zero-order valence-electron chi connectivity index (χ0n) is 9.90. The topological polar surface area (TPSA) is 67.1 Å². The summed E-state index contributed by atoms with van der Waals surface area (Å²) in [5, 5.41) is 3.29. The molecular formula is C11H19N5. The smallest absolute Gasteiger partial charge is 0.132 e. The Kier molecular flexibility index (Phi) is 3.36. The van der Waals surface area contributed by atoms with Crippen molar-refractivity contribution in [1.29, 1.82) is 0 Å². The Morgan fingerprint density at radius 2 is 2.38 bits per heavy atom. The summed E-state index contributed by atoms with van der Waals surface area (Å²) in [6.07, 6.45) is 2.63. The zero-order valence-corrected chi connectivity index (χ0v) is 9.90. The second-order valence-electron chi connectivity index (χ2n) is 4.49. The van der Waals surface area contributed by atoms with E-state index in [1.54, 1.807) is 6.33 Å². The highest BCUT2D eigenvalue weighted by Crippen LogP contribution is 2.21. The number of nitrogens with one attached hydrogen (secondary N) is 1. The molecule has 16 heavy (non-hydrogen) atoms. The molecule has 88 valence electrons. The summed E-state index contributed by atoms with van der Waals surface area (Å²) in [4.78, 5) is 10.9. The van der Waals surface area contributed by atoms with Crippen LogP contribution < -0.4 is 11.1 Å². The van der Waals surface area contributed by atoms with Gasteiger partial charge in [0.15, 0.2) is 0 Å². The van der Waals surface area contributed by atoms with Gasteiger partial charge in [-0.05, 0) is 20.4 Å². The third-order valence-corrected chi connectivity index (χ3v) is 2.79. The molecule has 1 aromatic rings. The quantitative estimate of drug-likeness (QED) is 0.764. The minimum absolute atomic E-state index is 0.136. The van der Waals surface area contributed by atoms with E-state index in [-0.39, 0.29) is 6.04 Å². The predicted molar refractivity (Wildman–Crippen MR) is 64.2 cm³/mol. The maximum Gasteiger partial charge on any atom is 0.132 e. The summed E-state index contributed by atoms with van der Waals surface area (Å²) in [5.41, 5.74) is 8.11. The van der Waals surface area contributed by atoms with Gasteiger partial charge < -0.3 is 16.0 Å². The average molecular weight is 221 g/mol. The molecule has 5 nitrogen and oxygen atoms in total. The number of nitrogens with zero attached hydrogens (tertiary/aromatic N) is 3. The first-order valence-corrected chi connectivity index (χ1v) is 5.67. The van der Waals surface area contributed by atoms with E-state index in [4.69, 9.17) is 5.73 Å². The van der Waals surface area contributed by atoms with E-state index in [1.165, 1.54) is 5.56 Å². The van der Waals surface area contributed by atoms with Crippen LogP contribution in [0.5, 0.6) is 0 Å². The lowest BCUT2D eigenvalue weighted by molar-refractivity contribution is 0.307. The highest BCUT2D eigenvalue weighted by molar-refractivity contribution is 5.47. The highest BCUT2D eigenvalue weighted by atomic mass is 15.1. The molecular weight excluding hydrogens is 202 g/mol. The fraction of sp³-hybridized carbons (Fsp3) is 0.636. The van der Waals surface area contributed by atoms with Crippen molar-refractivity contribution in [2.45, 2.75) is 25.9 Å².